The Kier molecular flexibility index (Phi) is 5.04. The molecular formula is C17H18ClN5O2. The van der Waals surface area contributed by atoms with Gasteiger partial charge in [0.05, 0.1) is 36.3 Å². The average molecular weight is 360 g/mol. The zero-order chi connectivity index (χ0) is 17.8. The van der Waals surface area contributed by atoms with Crippen molar-refractivity contribution in [2.45, 2.75) is 20.0 Å². The van der Waals surface area contributed by atoms with E-state index in [0.717, 1.165) is 11.3 Å². The minimum absolute atomic E-state index is 0.0919. The molecule has 8 heteroatoms. The Balaban J connectivity index is 1.60. The number of hydrogen-bond acceptors (Lipinski definition) is 4. The molecule has 3 rings (SSSR count). The zero-order valence-electron chi connectivity index (χ0n) is 13.9. The van der Waals surface area contributed by atoms with E-state index in [4.69, 9.17) is 16.3 Å². The van der Waals surface area contributed by atoms with E-state index < -0.39 is 0 Å². The number of rotatable bonds is 6. The molecule has 0 fully saturated rings. The van der Waals surface area contributed by atoms with Gasteiger partial charge < -0.3 is 10.1 Å². The maximum absolute atomic E-state index is 12.1. The summed E-state index contributed by atoms with van der Waals surface area (Å²) in [6.45, 7) is 2.47. The molecule has 0 spiro atoms. The molecule has 2 heterocycles. The number of carbonyl (C=O) groups excluding carboxylic acids is 1. The molecule has 1 amide bonds. The SMILES string of the molecule is COc1cccc(Cn2cc(NC(=O)Cn3cc(Cl)c(C)n3)cn2)c1. The molecule has 0 aliphatic carbocycles. The molecule has 25 heavy (non-hydrogen) atoms. The van der Waals surface area contributed by atoms with E-state index in [-0.39, 0.29) is 12.5 Å². The topological polar surface area (TPSA) is 74.0 Å². The number of ether oxygens (including phenoxy) is 1. The maximum atomic E-state index is 12.1. The van der Waals surface area contributed by atoms with Gasteiger partial charge in [0.15, 0.2) is 0 Å². The normalized spacial score (nSPS) is 10.7. The standard InChI is InChI=1S/C17H18ClN5O2/c1-12-16(18)10-23(21-12)11-17(24)20-14-7-19-22(9-14)8-13-4-3-5-15(6-13)25-2/h3-7,9-10H,8,11H2,1-2H3,(H,20,24). The second kappa shape index (κ2) is 7.40. The van der Waals surface area contributed by atoms with E-state index in [0.29, 0.717) is 22.9 Å². The molecule has 130 valence electrons. The van der Waals surface area contributed by atoms with Crippen molar-refractivity contribution in [2.24, 2.45) is 0 Å². The summed E-state index contributed by atoms with van der Waals surface area (Å²) in [6.07, 6.45) is 5.01. The van der Waals surface area contributed by atoms with Crippen molar-refractivity contribution in [3.8, 4) is 5.75 Å². The van der Waals surface area contributed by atoms with Crippen molar-refractivity contribution in [2.75, 3.05) is 12.4 Å². The van der Waals surface area contributed by atoms with Crippen LogP contribution in [0.4, 0.5) is 5.69 Å². The predicted octanol–water partition coefficient (Wildman–Crippen LogP) is 2.74. The van der Waals surface area contributed by atoms with Crippen LogP contribution in [-0.4, -0.2) is 32.6 Å². The van der Waals surface area contributed by atoms with Crippen LogP contribution in [0.1, 0.15) is 11.3 Å². The molecule has 1 aromatic carbocycles. The number of nitrogens with zero attached hydrogens (tertiary/aromatic N) is 4. The van der Waals surface area contributed by atoms with Gasteiger partial charge in [-0.1, -0.05) is 23.7 Å². The van der Waals surface area contributed by atoms with Crippen molar-refractivity contribution in [1.29, 1.82) is 0 Å². The minimum Gasteiger partial charge on any atom is -0.497 e. The van der Waals surface area contributed by atoms with E-state index in [1.165, 1.54) is 4.68 Å². The summed E-state index contributed by atoms with van der Waals surface area (Å²) < 4.78 is 8.47. The lowest BCUT2D eigenvalue weighted by atomic mass is 10.2. The first-order valence-corrected chi connectivity index (χ1v) is 8.06. The molecule has 0 saturated carbocycles. The maximum Gasteiger partial charge on any atom is 0.246 e. The Morgan fingerprint density at radius 1 is 1.32 bits per heavy atom. The molecular weight excluding hydrogens is 342 g/mol. The van der Waals surface area contributed by atoms with Gasteiger partial charge in [-0.25, -0.2) is 0 Å². The molecule has 1 N–H and O–H groups in total. The summed E-state index contributed by atoms with van der Waals surface area (Å²) in [5.74, 6) is 0.603. The van der Waals surface area contributed by atoms with E-state index in [1.807, 2.05) is 24.3 Å². The number of benzene rings is 1. The highest BCUT2D eigenvalue weighted by Gasteiger charge is 2.09. The molecule has 0 saturated heterocycles. The molecule has 3 aromatic rings. The molecule has 0 aliphatic rings. The van der Waals surface area contributed by atoms with Crippen LogP contribution in [0.3, 0.4) is 0 Å². The molecule has 0 radical (unpaired) electrons. The smallest absolute Gasteiger partial charge is 0.246 e. The first-order valence-electron chi connectivity index (χ1n) is 7.68. The van der Waals surface area contributed by atoms with Gasteiger partial charge in [-0.05, 0) is 24.6 Å². The lowest BCUT2D eigenvalue weighted by Gasteiger charge is -2.05. The van der Waals surface area contributed by atoms with Crippen LogP contribution < -0.4 is 10.1 Å². The number of nitrogens with one attached hydrogen (secondary N) is 1. The molecule has 0 atom stereocenters. The quantitative estimate of drug-likeness (QED) is 0.734. The molecule has 0 unspecified atom stereocenters. The van der Waals surface area contributed by atoms with Gasteiger partial charge in [-0.2, -0.15) is 10.2 Å². The molecule has 7 nitrogen and oxygen atoms in total. The third-order valence-electron chi connectivity index (χ3n) is 3.59. The number of aromatic nitrogens is 4. The Hall–Kier alpha value is -2.80. The van der Waals surface area contributed by atoms with Crippen molar-refractivity contribution >= 4 is 23.2 Å². The van der Waals surface area contributed by atoms with Gasteiger partial charge in [-0.15, -0.1) is 0 Å². The Bertz CT molecular complexity index is 867. The number of hydrogen-bond donors (Lipinski definition) is 1. The lowest BCUT2D eigenvalue weighted by Crippen LogP contribution is -2.18. The number of halogens is 1. The fraction of sp³-hybridized carbons (Fsp3) is 0.235. The molecule has 2 aromatic heterocycles. The van der Waals surface area contributed by atoms with Crippen LogP contribution in [0, 0.1) is 6.92 Å². The highest BCUT2D eigenvalue weighted by Crippen LogP contribution is 2.15. The van der Waals surface area contributed by atoms with Crippen LogP contribution in [0.15, 0.2) is 42.9 Å². The molecule has 0 bridgehead atoms. The van der Waals surface area contributed by atoms with Crippen molar-refractivity contribution in [1.82, 2.24) is 19.6 Å². The second-order valence-corrected chi connectivity index (χ2v) is 5.99. The summed E-state index contributed by atoms with van der Waals surface area (Å²) in [5.41, 5.74) is 2.38. The minimum atomic E-state index is -0.194. The number of carbonyl (C=O) groups is 1. The van der Waals surface area contributed by atoms with Crippen molar-refractivity contribution < 1.29 is 9.53 Å². The van der Waals surface area contributed by atoms with Crippen LogP contribution in [0.25, 0.3) is 0 Å². The Labute approximate surface area is 150 Å². The van der Waals surface area contributed by atoms with Gasteiger partial charge in [0.25, 0.3) is 0 Å². The first kappa shape index (κ1) is 17.0. The summed E-state index contributed by atoms with van der Waals surface area (Å²) in [4.78, 5) is 12.1. The van der Waals surface area contributed by atoms with E-state index in [2.05, 4.69) is 15.5 Å². The highest BCUT2D eigenvalue weighted by atomic mass is 35.5. The summed E-state index contributed by atoms with van der Waals surface area (Å²) in [6, 6.07) is 7.76. The summed E-state index contributed by atoms with van der Waals surface area (Å²) in [7, 11) is 1.63. The van der Waals surface area contributed by atoms with E-state index >= 15 is 0 Å². The van der Waals surface area contributed by atoms with Crippen LogP contribution >= 0.6 is 11.6 Å². The number of methoxy groups -OCH3 is 1. The Morgan fingerprint density at radius 3 is 2.88 bits per heavy atom. The van der Waals surface area contributed by atoms with Crippen molar-refractivity contribution in [3.63, 3.8) is 0 Å². The average Bonchev–Trinajstić information content (AvgIpc) is 3.13. The van der Waals surface area contributed by atoms with Gasteiger partial charge in [0.1, 0.15) is 12.3 Å². The van der Waals surface area contributed by atoms with Gasteiger partial charge in [-0.3, -0.25) is 14.2 Å². The third kappa shape index (κ3) is 4.39. The first-order chi connectivity index (χ1) is 12.0. The van der Waals surface area contributed by atoms with Gasteiger partial charge in [0.2, 0.25) is 5.91 Å². The lowest BCUT2D eigenvalue weighted by molar-refractivity contribution is -0.116. The fourth-order valence-electron chi connectivity index (χ4n) is 2.39. The predicted molar refractivity (Wildman–Crippen MR) is 94.9 cm³/mol. The summed E-state index contributed by atoms with van der Waals surface area (Å²) in [5, 5.41) is 11.8. The van der Waals surface area contributed by atoms with E-state index in [1.54, 1.807) is 37.3 Å². The van der Waals surface area contributed by atoms with Crippen molar-refractivity contribution in [3.05, 3.63) is 59.1 Å². The van der Waals surface area contributed by atoms with E-state index in [9.17, 15) is 4.79 Å². The Morgan fingerprint density at radius 2 is 2.16 bits per heavy atom. The van der Waals surface area contributed by atoms with Crippen LogP contribution in [0.5, 0.6) is 5.75 Å². The third-order valence-corrected chi connectivity index (χ3v) is 3.96. The summed E-state index contributed by atoms with van der Waals surface area (Å²) >= 11 is 5.94. The number of amides is 1. The second-order valence-electron chi connectivity index (χ2n) is 5.59. The van der Waals surface area contributed by atoms with Crippen LogP contribution in [0.2, 0.25) is 5.02 Å². The fourth-order valence-corrected chi connectivity index (χ4v) is 2.55. The monoisotopic (exact) mass is 359 g/mol. The zero-order valence-corrected chi connectivity index (χ0v) is 14.7. The number of anilines is 1. The van der Waals surface area contributed by atoms with Crippen LogP contribution in [-0.2, 0) is 17.9 Å². The number of aryl methyl sites for hydroxylation is 1. The highest BCUT2D eigenvalue weighted by molar-refractivity contribution is 6.31. The molecule has 0 aliphatic heterocycles. The largest absolute Gasteiger partial charge is 0.497 e. The van der Waals surface area contributed by atoms with Gasteiger partial charge in [0, 0.05) is 12.4 Å². The van der Waals surface area contributed by atoms with Gasteiger partial charge >= 0.3 is 0 Å².